The average molecular weight is 146 g/mol. The maximum absolute atomic E-state index is 10.5. The van der Waals surface area contributed by atoms with Crippen molar-refractivity contribution in [1.82, 2.24) is 0 Å². The van der Waals surface area contributed by atoms with Crippen molar-refractivity contribution < 1.29 is 19.7 Å². The Morgan fingerprint density at radius 2 is 2.30 bits per heavy atom. The number of rotatable bonds is 3. The number of esters is 1. The van der Waals surface area contributed by atoms with Crippen molar-refractivity contribution in [2.24, 2.45) is 0 Å². The van der Waals surface area contributed by atoms with Gasteiger partial charge in [-0.15, -0.1) is 0 Å². The van der Waals surface area contributed by atoms with E-state index in [1.807, 2.05) is 0 Å². The first kappa shape index (κ1) is 8.81. The summed E-state index contributed by atoms with van der Waals surface area (Å²) in [5.74, 6) is -1.32. The number of carbonyl (C=O) groups excluding carboxylic acids is 1. The molecule has 10 heavy (non-hydrogen) atoms. The van der Waals surface area contributed by atoms with Crippen LogP contribution >= 0.6 is 0 Å². The van der Waals surface area contributed by atoms with Crippen LogP contribution in [0, 0.1) is 0 Å². The standard InChI is InChI=1S/C6H10O4/c1-2-3-5(8)10-6(9)4-7/h4,7,9H,2-3H2,1H3/b6-4+. The molecule has 0 aromatic heterocycles. The number of aliphatic hydroxyl groups is 2. The van der Waals surface area contributed by atoms with Gasteiger partial charge in [0.05, 0.1) is 0 Å². The lowest BCUT2D eigenvalue weighted by molar-refractivity contribution is -0.143. The fourth-order valence-electron chi connectivity index (χ4n) is 0.398. The summed E-state index contributed by atoms with van der Waals surface area (Å²) in [4.78, 5) is 10.5. The highest BCUT2D eigenvalue weighted by molar-refractivity contribution is 5.70. The van der Waals surface area contributed by atoms with E-state index in [0.717, 1.165) is 0 Å². The van der Waals surface area contributed by atoms with Gasteiger partial charge in [-0.2, -0.15) is 0 Å². The molecule has 0 aliphatic carbocycles. The molecule has 0 saturated carbocycles. The molecule has 0 heterocycles. The number of aliphatic hydroxyl groups excluding tert-OH is 2. The second-order valence-electron chi connectivity index (χ2n) is 1.69. The quantitative estimate of drug-likeness (QED) is 0.464. The Morgan fingerprint density at radius 3 is 2.70 bits per heavy atom. The topological polar surface area (TPSA) is 66.8 Å². The Hall–Kier alpha value is -1.19. The van der Waals surface area contributed by atoms with Gasteiger partial charge in [-0.3, -0.25) is 4.79 Å². The molecule has 0 fully saturated rings. The third-order valence-corrected chi connectivity index (χ3v) is 0.783. The number of carbonyl (C=O) groups is 1. The van der Waals surface area contributed by atoms with E-state index < -0.39 is 11.9 Å². The van der Waals surface area contributed by atoms with Crippen LogP contribution in [0.15, 0.2) is 12.2 Å². The number of hydrogen-bond acceptors (Lipinski definition) is 4. The van der Waals surface area contributed by atoms with Gasteiger partial charge < -0.3 is 14.9 Å². The van der Waals surface area contributed by atoms with E-state index in [1.54, 1.807) is 6.92 Å². The van der Waals surface area contributed by atoms with Gasteiger partial charge >= 0.3 is 11.9 Å². The monoisotopic (exact) mass is 146 g/mol. The summed E-state index contributed by atoms with van der Waals surface area (Å²) >= 11 is 0. The summed E-state index contributed by atoms with van der Waals surface area (Å²) < 4.78 is 4.17. The molecule has 0 aromatic rings. The smallest absolute Gasteiger partial charge is 0.320 e. The molecular formula is C6H10O4. The van der Waals surface area contributed by atoms with E-state index in [2.05, 4.69) is 4.74 Å². The van der Waals surface area contributed by atoms with Crippen molar-refractivity contribution in [3.63, 3.8) is 0 Å². The Bertz CT molecular complexity index is 139. The average Bonchev–Trinajstić information content (AvgIpc) is 1.88. The van der Waals surface area contributed by atoms with Gasteiger partial charge in [-0.1, -0.05) is 6.92 Å². The normalized spacial score (nSPS) is 11.1. The lowest BCUT2D eigenvalue weighted by Crippen LogP contribution is -2.02. The molecule has 0 rings (SSSR count). The van der Waals surface area contributed by atoms with Gasteiger partial charge in [0.25, 0.3) is 0 Å². The van der Waals surface area contributed by atoms with E-state index in [0.29, 0.717) is 12.7 Å². The molecule has 0 saturated heterocycles. The van der Waals surface area contributed by atoms with E-state index in [9.17, 15) is 4.79 Å². The second-order valence-corrected chi connectivity index (χ2v) is 1.69. The molecule has 0 aliphatic heterocycles. The van der Waals surface area contributed by atoms with Crippen molar-refractivity contribution >= 4 is 5.97 Å². The fraction of sp³-hybridized carbons (Fsp3) is 0.500. The van der Waals surface area contributed by atoms with Crippen LogP contribution in [0.4, 0.5) is 0 Å². The molecule has 0 amide bonds. The van der Waals surface area contributed by atoms with Crippen LogP contribution in [0.5, 0.6) is 0 Å². The highest BCUT2D eigenvalue weighted by atomic mass is 16.6. The van der Waals surface area contributed by atoms with Crippen molar-refractivity contribution in [3.05, 3.63) is 12.2 Å². The van der Waals surface area contributed by atoms with E-state index in [1.165, 1.54) is 0 Å². The van der Waals surface area contributed by atoms with Crippen LogP contribution < -0.4 is 0 Å². The van der Waals surface area contributed by atoms with Crippen LogP contribution in [0.25, 0.3) is 0 Å². The minimum Gasteiger partial charge on any atom is -0.508 e. The molecular weight excluding hydrogens is 136 g/mol. The Balaban J connectivity index is 3.58. The van der Waals surface area contributed by atoms with Gasteiger partial charge in [-0.05, 0) is 6.42 Å². The third kappa shape index (κ3) is 3.77. The lowest BCUT2D eigenvalue weighted by Gasteiger charge is -1.98. The first-order chi connectivity index (χ1) is 4.70. The maximum Gasteiger partial charge on any atom is 0.320 e. The van der Waals surface area contributed by atoms with Crippen molar-refractivity contribution in [3.8, 4) is 0 Å². The van der Waals surface area contributed by atoms with Crippen molar-refractivity contribution in [1.29, 1.82) is 0 Å². The van der Waals surface area contributed by atoms with Gasteiger partial charge in [0.2, 0.25) is 0 Å². The SMILES string of the molecule is CCCC(=O)O/C(O)=C/O. The molecule has 0 atom stereocenters. The molecule has 0 radical (unpaired) electrons. The summed E-state index contributed by atoms with van der Waals surface area (Å²) in [5.41, 5.74) is 0. The molecule has 58 valence electrons. The second kappa shape index (κ2) is 4.67. The zero-order valence-electron chi connectivity index (χ0n) is 5.70. The molecule has 0 aromatic carbocycles. The van der Waals surface area contributed by atoms with E-state index >= 15 is 0 Å². The Kier molecular flexibility index (Phi) is 4.11. The Labute approximate surface area is 58.7 Å². The predicted octanol–water partition coefficient (Wildman–Crippen LogP) is 1.24. The number of hydrogen-bond donors (Lipinski definition) is 2. The third-order valence-electron chi connectivity index (χ3n) is 0.783. The van der Waals surface area contributed by atoms with Crippen LogP contribution in [-0.4, -0.2) is 16.2 Å². The van der Waals surface area contributed by atoms with Crippen LogP contribution in [0.1, 0.15) is 19.8 Å². The summed E-state index contributed by atoms with van der Waals surface area (Å²) in [6, 6.07) is 0. The highest BCUT2D eigenvalue weighted by Crippen LogP contribution is 1.96. The minimum absolute atomic E-state index is 0.234. The first-order valence-electron chi connectivity index (χ1n) is 2.94. The molecule has 4 nitrogen and oxygen atoms in total. The maximum atomic E-state index is 10.5. The molecule has 0 unspecified atom stereocenters. The molecule has 2 N–H and O–H groups in total. The van der Waals surface area contributed by atoms with Crippen LogP contribution in [0.2, 0.25) is 0 Å². The summed E-state index contributed by atoms with van der Waals surface area (Å²) in [6.07, 6.45) is 1.21. The highest BCUT2D eigenvalue weighted by Gasteiger charge is 2.02. The van der Waals surface area contributed by atoms with Gasteiger partial charge in [0.15, 0.2) is 6.26 Å². The largest absolute Gasteiger partial charge is 0.508 e. The van der Waals surface area contributed by atoms with E-state index in [-0.39, 0.29) is 6.42 Å². The predicted molar refractivity (Wildman–Crippen MR) is 34.3 cm³/mol. The Morgan fingerprint density at radius 1 is 1.70 bits per heavy atom. The summed E-state index contributed by atoms with van der Waals surface area (Å²) in [7, 11) is 0. The fourth-order valence-corrected chi connectivity index (χ4v) is 0.398. The summed E-state index contributed by atoms with van der Waals surface area (Å²) in [5, 5.41) is 16.5. The summed E-state index contributed by atoms with van der Waals surface area (Å²) in [6.45, 7) is 1.81. The molecule has 0 aliphatic rings. The van der Waals surface area contributed by atoms with Crippen molar-refractivity contribution in [2.75, 3.05) is 0 Å². The first-order valence-corrected chi connectivity index (χ1v) is 2.94. The van der Waals surface area contributed by atoms with Crippen molar-refractivity contribution in [2.45, 2.75) is 19.8 Å². The van der Waals surface area contributed by atoms with Gasteiger partial charge in [-0.25, -0.2) is 0 Å². The van der Waals surface area contributed by atoms with E-state index in [4.69, 9.17) is 10.2 Å². The van der Waals surface area contributed by atoms with Gasteiger partial charge in [0, 0.05) is 6.42 Å². The zero-order chi connectivity index (χ0) is 7.98. The van der Waals surface area contributed by atoms with Crippen LogP contribution in [0.3, 0.4) is 0 Å². The molecule has 4 heteroatoms. The molecule has 0 spiro atoms. The lowest BCUT2D eigenvalue weighted by atomic mass is 10.3. The molecule has 0 bridgehead atoms. The number of ether oxygens (including phenoxy) is 1. The van der Waals surface area contributed by atoms with Gasteiger partial charge in [0.1, 0.15) is 0 Å². The minimum atomic E-state index is -0.765. The van der Waals surface area contributed by atoms with Crippen LogP contribution in [-0.2, 0) is 9.53 Å². The zero-order valence-corrected chi connectivity index (χ0v) is 5.70.